The van der Waals surface area contributed by atoms with Crippen molar-refractivity contribution < 1.29 is 9.59 Å². The van der Waals surface area contributed by atoms with Gasteiger partial charge in [0.1, 0.15) is 12.1 Å². The van der Waals surface area contributed by atoms with Gasteiger partial charge in [-0.3, -0.25) is 4.79 Å². The molecular formula is C8H10O2. The zero-order chi connectivity index (χ0) is 7.14. The third-order valence-electron chi connectivity index (χ3n) is 2.72. The number of aldehydes is 1. The van der Waals surface area contributed by atoms with Crippen LogP contribution in [0.25, 0.3) is 0 Å². The minimum absolute atomic E-state index is 0.106. The number of fused-ring (bicyclic) bond motifs is 1. The molecule has 0 bridgehead atoms. The van der Waals surface area contributed by atoms with Gasteiger partial charge in [-0.05, 0) is 18.8 Å². The first kappa shape index (κ1) is 6.08. The molecule has 0 aromatic carbocycles. The summed E-state index contributed by atoms with van der Waals surface area (Å²) in [5.74, 6) is 1.02. The number of rotatable bonds is 1. The molecular weight excluding hydrogens is 128 g/mol. The Morgan fingerprint density at radius 3 is 2.90 bits per heavy atom. The monoisotopic (exact) mass is 138 g/mol. The van der Waals surface area contributed by atoms with E-state index < -0.39 is 0 Å². The van der Waals surface area contributed by atoms with Gasteiger partial charge in [-0.25, -0.2) is 0 Å². The highest BCUT2D eigenvalue weighted by Gasteiger charge is 2.55. The van der Waals surface area contributed by atoms with Crippen molar-refractivity contribution in [1.82, 2.24) is 0 Å². The van der Waals surface area contributed by atoms with Crippen LogP contribution >= 0.6 is 0 Å². The summed E-state index contributed by atoms with van der Waals surface area (Å²) in [5, 5.41) is 0. The van der Waals surface area contributed by atoms with Crippen molar-refractivity contribution in [3.05, 3.63) is 0 Å². The highest BCUT2D eigenvalue weighted by atomic mass is 16.1. The van der Waals surface area contributed by atoms with Gasteiger partial charge < -0.3 is 4.79 Å². The molecule has 0 heterocycles. The van der Waals surface area contributed by atoms with Crippen LogP contribution in [0.5, 0.6) is 0 Å². The molecule has 2 fully saturated rings. The van der Waals surface area contributed by atoms with Gasteiger partial charge in [0.15, 0.2) is 0 Å². The van der Waals surface area contributed by atoms with Crippen molar-refractivity contribution in [3.63, 3.8) is 0 Å². The molecule has 0 amide bonds. The highest BCUT2D eigenvalue weighted by Crippen LogP contribution is 2.52. The molecule has 2 nitrogen and oxygen atoms in total. The van der Waals surface area contributed by atoms with Crippen molar-refractivity contribution >= 4 is 12.1 Å². The fourth-order valence-electron chi connectivity index (χ4n) is 2.09. The van der Waals surface area contributed by atoms with E-state index >= 15 is 0 Å². The first-order chi connectivity index (χ1) is 4.84. The van der Waals surface area contributed by atoms with Gasteiger partial charge in [-0.2, -0.15) is 0 Å². The Labute approximate surface area is 59.6 Å². The molecule has 0 N–H and O–H groups in total. The lowest BCUT2D eigenvalue weighted by Crippen LogP contribution is -2.07. The molecule has 2 heteroatoms. The fraction of sp³-hybridized carbons (Fsp3) is 0.750. The molecule has 2 aliphatic carbocycles. The van der Waals surface area contributed by atoms with Crippen LogP contribution in [0.2, 0.25) is 0 Å². The molecule has 0 radical (unpaired) electrons. The van der Waals surface area contributed by atoms with E-state index in [4.69, 9.17) is 0 Å². The zero-order valence-corrected chi connectivity index (χ0v) is 5.75. The van der Waals surface area contributed by atoms with Crippen LogP contribution < -0.4 is 0 Å². The third kappa shape index (κ3) is 0.648. The SMILES string of the molecule is O=CC1C2CCCC(=O)C12. The molecule has 0 saturated heterocycles. The zero-order valence-electron chi connectivity index (χ0n) is 5.75. The lowest BCUT2D eigenvalue weighted by molar-refractivity contribution is -0.122. The largest absolute Gasteiger partial charge is 0.303 e. The summed E-state index contributed by atoms with van der Waals surface area (Å²) in [6.45, 7) is 0. The molecule has 2 aliphatic rings. The van der Waals surface area contributed by atoms with Gasteiger partial charge in [-0.15, -0.1) is 0 Å². The molecule has 3 atom stereocenters. The molecule has 3 unspecified atom stereocenters. The minimum atomic E-state index is 0.106. The summed E-state index contributed by atoms with van der Waals surface area (Å²) >= 11 is 0. The number of Topliss-reactive ketones (excluding diaryl/α,β-unsaturated/α-hetero) is 1. The van der Waals surface area contributed by atoms with Gasteiger partial charge in [0.05, 0.1) is 0 Å². The average molecular weight is 138 g/mol. The summed E-state index contributed by atoms with van der Waals surface area (Å²) in [6.07, 6.45) is 3.77. The lowest BCUT2D eigenvalue weighted by atomic mass is 10.00. The van der Waals surface area contributed by atoms with Crippen LogP contribution in [0, 0.1) is 17.8 Å². The Kier molecular flexibility index (Phi) is 1.16. The summed E-state index contributed by atoms with van der Waals surface area (Å²) in [6, 6.07) is 0. The van der Waals surface area contributed by atoms with Crippen molar-refractivity contribution in [3.8, 4) is 0 Å². The van der Waals surface area contributed by atoms with E-state index in [1.54, 1.807) is 0 Å². The molecule has 0 aromatic heterocycles. The maximum absolute atomic E-state index is 11.0. The smallest absolute Gasteiger partial charge is 0.136 e. The Morgan fingerprint density at radius 2 is 2.30 bits per heavy atom. The standard InChI is InChI=1S/C8H10O2/c9-4-6-5-2-1-3-7(10)8(5)6/h4-6,8H,1-3H2. The highest BCUT2D eigenvalue weighted by molar-refractivity contribution is 5.89. The molecule has 0 aliphatic heterocycles. The Balaban J connectivity index is 2.10. The second-order valence-electron chi connectivity index (χ2n) is 3.26. The Bertz CT molecular complexity index is 186. The van der Waals surface area contributed by atoms with Crippen LogP contribution in [-0.2, 0) is 9.59 Å². The second-order valence-corrected chi connectivity index (χ2v) is 3.26. The molecule has 0 aromatic rings. The van der Waals surface area contributed by atoms with Gasteiger partial charge in [0.2, 0.25) is 0 Å². The fourth-order valence-corrected chi connectivity index (χ4v) is 2.09. The first-order valence-corrected chi connectivity index (χ1v) is 3.82. The molecule has 10 heavy (non-hydrogen) atoms. The van der Waals surface area contributed by atoms with Crippen LogP contribution in [0.1, 0.15) is 19.3 Å². The van der Waals surface area contributed by atoms with E-state index in [0.29, 0.717) is 18.1 Å². The van der Waals surface area contributed by atoms with Crippen LogP contribution in [0.15, 0.2) is 0 Å². The second kappa shape index (κ2) is 1.91. The van der Waals surface area contributed by atoms with E-state index in [-0.39, 0.29) is 11.8 Å². The van der Waals surface area contributed by atoms with Gasteiger partial charge in [0.25, 0.3) is 0 Å². The van der Waals surface area contributed by atoms with Gasteiger partial charge in [0, 0.05) is 18.3 Å². The number of hydrogen-bond acceptors (Lipinski definition) is 2. The Hall–Kier alpha value is -0.660. The molecule has 2 rings (SSSR count). The van der Waals surface area contributed by atoms with E-state index in [1.165, 1.54) is 0 Å². The third-order valence-corrected chi connectivity index (χ3v) is 2.72. The summed E-state index contributed by atoms with van der Waals surface area (Å²) < 4.78 is 0. The summed E-state index contributed by atoms with van der Waals surface area (Å²) in [5.41, 5.74) is 0. The molecule has 0 spiro atoms. The normalized spacial score (nSPS) is 44.4. The van der Waals surface area contributed by atoms with Crippen molar-refractivity contribution in [2.24, 2.45) is 17.8 Å². The van der Waals surface area contributed by atoms with Crippen LogP contribution in [-0.4, -0.2) is 12.1 Å². The maximum atomic E-state index is 11.0. The van der Waals surface area contributed by atoms with Gasteiger partial charge in [-0.1, -0.05) is 0 Å². The topological polar surface area (TPSA) is 34.1 Å². The van der Waals surface area contributed by atoms with Crippen LogP contribution in [0.4, 0.5) is 0 Å². The number of hydrogen-bond donors (Lipinski definition) is 0. The van der Waals surface area contributed by atoms with E-state index in [9.17, 15) is 9.59 Å². The predicted octanol–water partition coefficient (Wildman–Crippen LogP) is 0.800. The van der Waals surface area contributed by atoms with Crippen LogP contribution in [0.3, 0.4) is 0 Å². The average Bonchev–Trinajstić information content (AvgIpc) is 2.63. The Morgan fingerprint density at radius 1 is 1.50 bits per heavy atom. The van der Waals surface area contributed by atoms with Crippen molar-refractivity contribution in [2.45, 2.75) is 19.3 Å². The summed E-state index contributed by atoms with van der Waals surface area (Å²) in [4.78, 5) is 21.4. The van der Waals surface area contributed by atoms with E-state index in [1.807, 2.05) is 0 Å². The van der Waals surface area contributed by atoms with Gasteiger partial charge >= 0.3 is 0 Å². The maximum Gasteiger partial charge on any atom is 0.136 e. The summed E-state index contributed by atoms with van der Waals surface area (Å²) in [7, 11) is 0. The number of carbonyl (C=O) groups excluding carboxylic acids is 2. The van der Waals surface area contributed by atoms with Crippen molar-refractivity contribution in [2.75, 3.05) is 0 Å². The number of ketones is 1. The first-order valence-electron chi connectivity index (χ1n) is 3.82. The number of carbonyl (C=O) groups is 2. The predicted molar refractivity (Wildman–Crippen MR) is 35.4 cm³/mol. The quantitative estimate of drug-likeness (QED) is 0.502. The van der Waals surface area contributed by atoms with E-state index in [0.717, 1.165) is 19.1 Å². The van der Waals surface area contributed by atoms with Crippen molar-refractivity contribution in [1.29, 1.82) is 0 Å². The lowest BCUT2D eigenvalue weighted by Gasteiger charge is -2.04. The van der Waals surface area contributed by atoms with E-state index in [2.05, 4.69) is 0 Å². The minimum Gasteiger partial charge on any atom is -0.303 e. The molecule has 2 saturated carbocycles. The molecule has 54 valence electrons.